The number of nitrogens with two attached hydrogens (primary N) is 1. The Morgan fingerprint density at radius 2 is 2.45 bits per heavy atom. The van der Waals surface area contributed by atoms with E-state index in [1.807, 2.05) is 0 Å². The number of nitrogens with one attached hydrogen (secondary N) is 1. The van der Waals surface area contributed by atoms with Crippen LogP contribution in [0.4, 0.5) is 9.93 Å². The number of guanidine groups is 1. The lowest BCUT2D eigenvalue weighted by atomic mass is 9.88. The number of aryl methyl sites for hydroxylation is 1. The molecular formula is C12H15N5O2S. The van der Waals surface area contributed by atoms with Gasteiger partial charge in [-0.2, -0.15) is 10.2 Å². The number of nitrogens with zero attached hydrogens (tertiary/aromatic N) is 3. The third-order valence-electron chi connectivity index (χ3n) is 3.29. The summed E-state index contributed by atoms with van der Waals surface area (Å²) in [6.07, 6.45) is 2.73. The molecule has 8 heteroatoms. The Kier molecular flexibility index (Phi) is 4.20. The minimum absolute atomic E-state index is 0.200. The highest BCUT2D eigenvalue weighted by Gasteiger charge is 2.28. The summed E-state index contributed by atoms with van der Waals surface area (Å²) in [6, 6.07) is 2.13. The van der Waals surface area contributed by atoms with Crippen LogP contribution in [0.25, 0.3) is 0 Å². The Balaban J connectivity index is 2.31. The van der Waals surface area contributed by atoms with Crippen molar-refractivity contribution in [1.29, 1.82) is 10.7 Å². The highest BCUT2D eigenvalue weighted by molar-refractivity contribution is 7.16. The Bertz CT molecular complexity index is 563. The van der Waals surface area contributed by atoms with E-state index < -0.39 is 12.1 Å². The molecule has 0 bridgehead atoms. The second-order valence-electron chi connectivity index (χ2n) is 4.59. The molecule has 4 N–H and O–H groups in total. The number of anilines is 1. The fourth-order valence-corrected chi connectivity index (χ4v) is 3.59. The summed E-state index contributed by atoms with van der Waals surface area (Å²) in [6.45, 7) is 0. The van der Waals surface area contributed by atoms with Gasteiger partial charge >= 0.3 is 6.09 Å². The van der Waals surface area contributed by atoms with Crippen molar-refractivity contribution < 1.29 is 9.90 Å². The van der Waals surface area contributed by atoms with E-state index in [-0.39, 0.29) is 11.0 Å². The quantitative estimate of drug-likeness (QED) is 0.581. The van der Waals surface area contributed by atoms with Crippen molar-refractivity contribution >= 4 is 28.5 Å². The van der Waals surface area contributed by atoms with E-state index in [2.05, 4.69) is 11.1 Å². The predicted octanol–water partition coefficient (Wildman–Crippen LogP) is 2.24. The molecule has 2 rings (SSSR count). The first-order chi connectivity index (χ1) is 9.54. The fourth-order valence-electron chi connectivity index (χ4n) is 2.40. The molecule has 20 heavy (non-hydrogen) atoms. The average Bonchev–Trinajstić information content (AvgIpc) is 2.78. The number of rotatable bonds is 3. The smallest absolute Gasteiger partial charge is 0.420 e. The SMILES string of the molecule is N#CCCC1CCCc2sc(N(C(=N)N)C(=O)O)nc21. The zero-order valence-electron chi connectivity index (χ0n) is 10.8. The maximum absolute atomic E-state index is 11.1. The van der Waals surface area contributed by atoms with Gasteiger partial charge in [-0.3, -0.25) is 5.41 Å². The Hall–Kier alpha value is -2.14. The van der Waals surface area contributed by atoms with Crippen molar-refractivity contribution in [3.63, 3.8) is 0 Å². The van der Waals surface area contributed by atoms with Crippen molar-refractivity contribution in [2.45, 2.75) is 38.0 Å². The third-order valence-corrected chi connectivity index (χ3v) is 4.40. The van der Waals surface area contributed by atoms with Gasteiger partial charge in [0.05, 0.1) is 11.8 Å². The number of nitriles is 1. The van der Waals surface area contributed by atoms with Gasteiger partial charge in [0.25, 0.3) is 0 Å². The number of thiazole rings is 1. The van der Waals surface area contributed by atoms with Crippen LogP contribution in [0, 0.1) is 16.7 Å². The maximum Gasteiger partial charge on any atom is 0.420 e. The van der Waals surface area contributed by atoms with Crippen LogP contribution in [0.5, 0.6) is 0 Å². The van der Waals surface area contributed by atoms with Gasteiger partial charge in [0.15, 0.2) is 0 Å². The van der Waals surface area contributed by atoms with Crippen molar-refractivity contribution in [2.75, 3.05) is 4.90 Å². The molecule has 1 amide bonds. The van der Waals surface area contributed by atoms with Crippen molar-refractivity contribution in [3.8, 4) is 6.07 Å². The lowest BCUT2D eigenvalue weighted by molar-refractivity contribution is 0.205. The fraction of sp³-hybridized carbons (Fsp3) is 0.500. The summed E-state index contributed by atoms with van der Waals surface area (Å²) in [7, 11) is 0. The molecular weight excluding hydrogens is 278 g/mol. The van der Waals surface area contributed by atoms with Gasteiger partial charge < -0.3 is 10.8 Å². The largest absolute Gasteiger partial charge is 0.464 e. The molecule has 1 aromatic heterocycles. The van der Waals surface area contributed by atoms with Crippen LogP contribution in [0.15, 0.2) is 0 Å². The zero-order chi connectivity index (χ0) is 14.7. The molecule has 1 atom stereocenters. The van der Waals surface area contributed by atoms with Gasteiger partial charge in [-0.05, 0) is 25.7 Å². The lowest BCUT2D eigenvalue weighted by Crippen LogP contribution is -2.40. The molecule has 0 aliphatic heterocycles. The Morgan fingerprint density at radius 3 is 3.05 bits per heavy atom. The van der Waals surface area contributed by atoms with Crippen LogP contribution >= 0.6 is 11.3 Å². The molecule has 1 aromatic rings. The maximum atomic E-state index is 11.1. The van der Waals surface area contributed by atoms with E-state index >= 15 is 0 Å². The average molecular weight is 293 g/mol. The lowest BCUT2D eigenvalue weighted by Gasteiger charge is -2.19. The van der Waals surface area contributed by atoms with Crippen LogP contribution in [-0.2, 0) is 6.42 Å². The van der Waals surface area contributed by atoms with E-state index in [0.29, 0.717) is 11.3 Å². The monoisotopic (exact) mass is 293 g/mol. The number of carbonyl (C=O) groups is 1. The molecule has 0 aromatic carbocycles. The first-order valence-electron chi connectivity index (χ1n) is 6.28. The standard InChI is InChI=1S/C12H15N5O2S/c13-6-2-4-7-3-1-5-8-9(7)16-11(20-8)17(10(14)15)12(18)19/h7H,1-5H2,(H3,14,15)(H,18,19). The highest BCUT2D eigenvalue weighted by atomic mass is 32.1. The number of hydrogen-bond acceptors (Lipinski definition) is 5. The van der Waals surface area contributed by atoms with Gasteiger partial charge in [-0.1, -0.05) is 0 Å². The van der Waals surface area contributed by atoms with Gasteiger partial charge in [0.2, 0.25) is 11.1 Å². The topological polar surface area (TPSA) is 127 Å². The van der Waals surface area contributed by atoms with Crippen LogP contribution < -0.4 is 10.6 Å². The minimum atomic E-state index is -1.31. The molecule has 0 fully saturated rings. The summed E-state index contributed by atoms with van der Waals surface area (Å²) in [5, 5.41) is 25.3. The summed E-state index contributed by atoms with van der Waals surface area (Å²) in [4.78, 5) is 17.2. The second kappa shape index (κ2) is 5.88. The van der Waals surface area contributed by atoms with Crippen molar-refractivity contribution in [2.24, 2.45) is 5.73 Å². The molecule has 1 heterocycles. The minimum Gasteiger partial charge on any atom is -0.464 e. The van der Waals surface area contributed by atoms with Gasteiger partial charge in [0, 0.05) is 17.2 Å². The van der Waals surface area contributed by atoms with Crippen LogP contribution in [0.2, 0.25) is 0 Å². The summed E-state index contributed by atoms with van der Waals surface area (Å²) in [5.74, 6) is -0.358. The first kappa shape index (κ1) is 14.3. The number of hydrogen-bond donors (Lipinski definition) is 3. The van der Waals surface area contributed by atoms with Crippen molar-refractivity contribution in [1.82, 2.24) is 4.98 Å². The van der Waals surface area contributed by atoms with E-state index in [4.69, 9.17) is 21.5 Å². The summed E-state index contributed by atoms with van der Waals surface area (Å²) >= 11 is 1.27. The normalized spacial score (nSPS) is 17.1. The summed E-state index contributed by atoms with van der Waals surface area (Å²) < 4.78 is 0. The first-order valence-corrected chi connectivity index (χ1v) is 7.10. The van der Waals surface area contributed by atoms with Crippen LogP contribution in [-0.4, -0.2) is 22.1 Å². The van der Waals surface area contributed by atoms with Crippen LogP contribution in [0.1, 0.15) is 42.2 Å². The second-order valence-corrected chi connectivity index (χ2v) is 5.66. The zero-order valence-corrected chi connectivity index (χ0v) is 11.6. The van der Waals surface area contributed by atoms with E-state index in [1.54, 1.807) is 0 Å². The number of aromatic nitrogens is 1. The molecule has 0 saturated heterocycles. The molecule has 1 unspecified atom stereocenters. The Morgan fingerprint density at radius 1 is 1.70 bits per heavy atom. The van der Waals surface area contributed by atoms with E-state index in [1.165, 1.54) is 11.3 Å². The molecule has 0 radical (unpaired) electrons. The highest BCUT2D eigenvalue weighted by Crippen LogP contribution is 2.39. The van der Waals surface area contributed by atoms with E-state index in [9.17, 15) is 4.79 Å². The van der Waals surface area contributed by atoms with E-state index in [0.717, 1.165) is 36.3 Å². The number of amides is 1. The molecule has 0 spiro atoms. The van der Waals surface area contributed by atoms with Crippen molar-refractivity contribution in [3.05, 3.63) is 10.6 Å². The molecule has 7 nitrogen and oxygen atoms in total. The van der Waals surface area contributed by atoms with Crippen LogP contribution in [0.3, 0.4) is 0 Å². The number of fused-ring (bicyclic) bond motifs is 1. The van der Waals surface area contributed by atoms with Gasteiger partial charge in [0.1, 0.15) is 0 Å². The van der Waals surface area contributed by atoms with Gasteiger partial charge in [-0.25, -0.2) is 9.78 Å². The molecule has 1 aliphatic carbocycles. The third kappa shape index (κ3) is 2.72. The Labute approximate surface area is 120 Å². The molecule has 1 aliphatic rings. The number of carboxylic acid groups (broad SMARTS) is 1. The predicted molar refractivity (Wildman–Crippen MR) is 75.1 cm³/mol. The van der Waals surface area contributed by atoms with Gasteiger partial charge in [-0.15, -0.1) is 11.3 Å². The molecule has 0 saturated carbocycles. The summed E-state index contributed by atoms with van der Waals surface area (Å²) in [5.41, 5.74) is 6.17. The molecule has 106 valence electrons.